The maximum atomic E-state index is 11.6. The highest BCUT2D eigenvalue weighted by Gasteiger charge is 2.17. The van der Waals surface area contributed by atoms with Crippen LogP contribution in [-0.2, 0) is 0 Å². The van der Waals surface area contributed by atoms with E-state index in [9.17, 15) is 31.2 Å². The van der Waals surface area contributed by atoms with Crippen LogP contribution < -0.4 is 20.9 Å². The number of quaternary nitrogens is 4. The molecule has 0 saturated carbocycles. The summed E-state index contributed by atoms with van der Waals surface area (Å²) in [5.41, 5.74) is 0.609. The van der Waals surface area contributed by atoms with Gasteiger partial charge in [-0.3, -0.25) is 0 Å². The van der Waals surface area contributed by atoms with Crippen molar-refractivity contribution in [3.05, 3.63) is 104 Å². The smallest absolute Gasteiger partial charge is 0.178 e. The Labute approximate surface area is 213 Å². The van der Waals surface area contributed by atoms with Crippen molar-refractivity contribution in [1.29, 1.82) is 0 Å². The second-order valence-electron chi connectivity index (χ2n) is 7.39. The summed E-state index contributed by atoms with van der Waals surface area (Å²) in [6, 6.07) is 13.9. The van der Waals surface area contributed by atoms with Gasteiger partial charge in [-0.15, -0.1) is 0 Å². The minimum absolute atomic E-state index is 0.0790. The van der Waals surface area contributed by atoms with E-state index in [2.05, 4.69) is 0 Å². The van der Waals surface area contributed by atoms with Gasteiger partial charge in [0, 0.05) is 12.1 Å². The Morgan fingerprint density at radius 3 is 1.17 bits per heavy atom. The molecule has 12 nitrogen and oxygen atoms in total. The van der Waals surface area contributed by atoms with Gasteiger partial charge in [0.15, 0.2) is 22.7 Å². The third kappa shape index (κ3) is 6.71. The first-order chi connectivity index (χ1) is 17.0. The Kier molecular flexibility index (Phi) is 9.26. The second-order valence-corrected chi connectivity index (χ2v) is 8.21. The van der Waals surface area contributed by atoms with Crippen molar-refractivity contribution < 1.29 is 41.7 Å². The van der Waals surface area contributed by atoms with Gasteiger partial charge in [-0.05, 0) is 35.4 Å². The third-order valence-electron chi connectivity index (χ3n) is 5.03. The number of hydrogen-bond acceptors (Lipinski definition) is 8. The number of benzene rings is 3. The average Bonchev–Trinajstić information content (AvgIpc) is 2.84. The zero-order chi connectivity index (χ0) is 26.6. The monoisotopic (exact) mass is 538 g/mol. The Balaban J connectivity index is 1.88. The molecule has 0 spiro atoms. The van der Waals surface area contributed by atoms with Gasteiger partial charge in [0.1, 0.15) is 0 Å². The molecular weight excluding hydrogens is 519 g/mol. The van der Waals surface area contributed by atoms with Crippen LogP contribution in [0.3, 0.4) is 0 Å². The molecule has 3 aromatic rings. The van der Waals surface area contributed by atoms with Gasteiger partial charge in [-0.25, -0.2) is 20.8 Å². The van der Waals surface area contributed by atoms with Crippen LogP contribution in [0.5, 0.6) is 0 Å². The van der Waals surface area contributed by atoms with E-state index in [0.717, 1.165) is 12.1 Å². The van der Waals surface area contributed by atoms with Crippen LogP contribution in [0.2, 0.25) is 0 Å². The summed E-state index contributed by atoms with van der Waals surface area (Å²) < 4.78 is 0. The number of halogens is 2. The van der Waals surface area contributed by atoms with Gasteiger partial charge < -0.3 is 20.8 Å². The Hall–Kier alpha value is -2.76. The number of hydrogen-bond donors (Lipinski definition) is 8. The van der Waals surface area contributed by atoms with Crippen molar-refractivity contribution in [1.82, 2.24) is 0 Å². The summed E-state index contributed by atoms with van der Waals surface area (Å²) in [7, 11) is 0. The van der Waals surface area contributed by atoms with Crippen LogP contribution in [0.15, 0.2) is 60.7 Å². The quantitative estimate of drug-likeness (QED) is 0.152. The van der Waals surface area contributed by atoms with Crippen molar-refractivity contribution in [3.8, 4) is 0 Å². The molecule has 0 radical (unpaired) electrons. The SMILES string of the molecule is [O-][NH+](O)c1ccc(C(Cl)=Cc2ccc(C=C(Cl)c3ccc([NH+]([O-])O)cc3[NH+]([O-])O)cc2)c([NH+]([O-])O)c1. The van der Waals surface area contributed by atoms with Gasteiger partial charge in [0.05, 0.1) is 33.3 Å². The molecule has 0 saturated heterocycles. The minimum Gasteiger partial charge on any atom is -0.595 e. The molecule has 0 bridgehead atoms. The standard InChI is InChI=1S/C22H20Cl2N4O8/c23-19(17-7-5-15(25(29)30)11-21(17)27(33)34)9-13-1-2-14(4-3-13)10-20(24)18-8-6-16(26(31)32)12-22(18)28(35)36/h1-12,25-29,31,33,35H. The minimum atomic E-state index is -1.33. The number of nitrogens with one attached hydrogen (secondary N) is 4. The fraction of sp³-hybridized carbons (Fsp3) is 0. The zero-order valence-corrected chi connectivity index (χ0v) is 19.6. The van der Waals surface area contributed by atoms with E-state index in [4.69, 9.17) is 33.6 Å². The van der Waals surface area contributed by atoms with Crippen molar-refractivity contribution in [2.45, 2.75) is 0 Å². The first-order valence-corrected chi connectivity index (χ1v) is 10.8. The van der Waals surface area contributed by atoms with Gasteiger partial charge in [0.25, 0.3) is 0 Å². The largest absolute Gasteiger partial charge is 0.595 e. The molecule has 4 atom stereocenters. The van der Waals surface area contributed by atoms with E-state index in [0.29, 0.717) is 11.1 Å². The van der Waals surface area contributed by atoms with E-state index in [1.54, 1.807) is 24.3 Å². The molecule has 0 heterocycles. The predicted octanol–water partition coefficient (Wildman–Crippen LogP) is 0.774. The van der Waals surface area contributed by atoms with E-state index >= 15 is 0 Å². The summed E-state index contributed by atoms with van der Waals surface area (Å²) in [5.74, 6) is 0. The molecule has 3 aromatic carbocycles. The Bertz CT molecular complexity index is 1180. The topological polar surface area (TPSA) is 191 Å². The highest BCUT2D eigenvalue weighted by atomic mass is 35.5. The van der Waals surface area contributed by atoms with E-state index in [-0.39, 0.29) is 43.9 Å². The molecule has 0 aliphatic carbocycles. The summed E-state index contributed by atoms with van der Waals surface area (Å²) in [4.78, 5) is 0. The molecule has 8 N–H and O–H groups in total. The third-order valence-corrected chi connectivity index (χ3v) is 5.66. The maximum absolute atomic E-state index is 11.6. The summed E-state index contributed by atoms with van der Waals surface area (Å²) >= 11 is 12.7. The molecular formula is C22H20Cl2N4O8. The van der Waals surface area contributed by atoms with Crippen molar-refractivity contribution in [2.75, 3.05) is 0 Å². The fourth-order valence-corrected chi connectivity index (χ4v) is 3.84. The van der Waals surface area contributed by atoms with E-state index < -0.39 is 20.9 Å². The second kappa shape index (κ2) is 12.0. The predicted molar refractivity (Wildman–Crippen MR) is 130 cm³/mol. The zero-order valence-electron chi connectivity index (χ0n) is 18.1. The molecule has 3 rings (SSSR count). The maximum Gasteiger partial charge on any atom is 0.178 e. The van der Waals surface area contributed by atoms with Crippen LogP contribution in [0.4, 0.5) is 22.7 Å². The fourth-order valence-electron chi connectivity index (χ4n) is 3.26. The summed E-state index contributed by atoms with van der Waals surface area (Å²) in [6.45, 7) is 0. The summed E-state index contributed by atoms with van der Waals surface area (Å²) in [6.07, 6.45) is 3.01. The van der Waals surface area contributed by atoms with Crippen LogP contribution in [0, 0.1) is 20.8 Å². The normalized spacial score (nSPS) is 15.9. The van der Waals surface area contributed by atoms with Crippen LogP contribution in [-0.4, -0.2) is 20.8 Å². The lowest BCUT2D eigenvalue weighted by atomic mass is 10.1. The van der Waals surface area contributed by atoms with Crippen molar-refractivity contribution in [2.24, 2.45) is 0 Å². The molecule has 14 heteroatoms. The van der Waals surface area contributed by atoms with Gasteiger partial charge in [0.2, 0.25) is 0 Å². The molecule has 4 unspecified atom stereocenters. The highest BCUT2D eigenvalue weighted by Crippen LogP contribution is 2.30. The number of rotatable bonds is 8. The molecule has 0 aliphatic heterocycles. The molecule has 36 heavy (non-hydrogen) atoms. The highest BCUT2D eigenvalue weighted by molar-refractivity contribution is 6.52. The van der Waals surface area contributed by atoms with Gasteiger partial charge >= 0.3 is 0 Å². The van der Waals surface area contributed by atoms with Crippen LogP contribution in [0.25, 0.3) is 22.2 Å². The first kappa shape index (κ1) is 27.8. The summed E-state index contributed by atoms with van der Waals surface area (Å²) in [5, 5.41) is 77.4. The average molecular weight is 539 g/mol. The Morgan fingerprint density at radius 2 is 0.889 bits per heavy atom. The van der Waals surface area contributed by atoms with Crippen molar-refractivity contribution >= 4 is 68.2 Å². The van der Waals surface area contributed by atoms with E-state index in [1.807, 2.05) is 0 Å². The molecule has 0 amide bonds. The molecule has 0 fully saturated rings. The van der Waals surface area contributed by atoms with Gasteiger partial charge in [-0.2, -0.15) is 20.9 Å². The van der Waals surface area contributed by atoms with Crippen LogP contribution in [0.1, 0.15) is 22.3 Å². The molecule has 0 aromatic heterocycles. The molecule has 190 valence electrons. The van der Waals surface area contributed by atoms with Crippen molar-refractivity contribution in [3.63, 3.8) is 0 Å². The first-order valence-electron chi connectivity index (χ1n) is 10.0. The van der Waals surface area contributed by atoms with Crippen LogP contribution >= 0.6 is 23.2 Å². The molecule has 0 aliphatic rings. The lowest BCUT2D eigenvalue weighted by Crippen LogP contribution is -3.01. The lowest BCUT2D eigenvalue weighted by molar-refractivity contribution is -0.996. The lowest BCUT2D eigenvalue weighted by Gasteiger charge is -2.18. The Morgan fingerprint density at radius 1 is 0.556 bits per heavy atom. The van der Waals surface area contributed by atoms with Gasteiger partial charge in [-0.1, -0.05) is 47.5 Å². The van der Waals surface area contributed by atoms with E-state index in [1.165, 1.54) is 36.4 Å².